The van der Waals surface area contributed by atoms with Crippen LogP contribution in [0.3, 0.4) is 0 Å². The van der Waals surface area contributed by atoms with E-state index in [9.17, 15) is 10.2 Å². The molecule has 1 aromatic rings. The van der Waals surface area contributed by atoms with E-state index >= 15 is 0 Å². The Morgan fingerprint density at radius 2 is 1.96 bits per heavy atom. The van der Waals surface area contributed by atoms with Gasteiger partial charge in [-0.25, -0.2) is 0 Å². The zero-order valence-corrected chi connectivity index (χ0v) is 14.3. The molecule has 2 saturated heterocycles. The molecular weight excluding hydrogens is 322 g/mol. The molecule has 2 fully saturated rings. The second kappa shape index (κ2) is 8.69. The molecule has 0 bridgehead atoms. The summed E-state index contributed by atoms with van der Waals surface area (Å²) in [5, 5.41) is 20.6. The molecule has 6 atom stereocenters. The summed E-state index contributed by atoms with van der Waals surface area (Å²) in [5.41, 5.74) is 1.05. The smallest absolute Gasteiger partial charge is 0.177 e. The highest BCUT2D eigenvalue weighted by atomic mass is 16.7. The summed E-state index contributed by atoms with van der Waals surface area (Å²) in [4.78, 5) is 4.22. The molecule has 6 heteroatoms. The predicted octanol–water partition coefficient (Wildman–Crippen LogP) is 1.76. The normalized spacial score (nSPS) is 36.0. The van der Waals surface area contributed by atoms with Crippen LogP contribution < -0.4 is 0 Å². The molecule has 0 amide bonds. The summed E-state index contributed by atoms with van der Waals surface area (Å²) >= 11 is 0. The minimum atomic E-state index is -1.14. The Labute approximate surface area is 147 Å². The van der Waals surface area contributed by atoms with E-state index in [2.05, 4.69) is 4.99 Å². The first-order chi connectivity index (χ1) is 12.2. The highest BCUT2D eigenvalue weighted by Gasteiger charge is 2.48. The maximum Gasteiger partial charge on any atom is 0.177 e. The molecule has 3 rings (SSSR count). The number of fused-ring (bicyclic) bond motifs is 1. The molecule has 2 N–H and O–H groups in total. The Bertz CT molecular complexity index is 589. The number of allylic oxidation sites excluding steroid dienone is 1. The van der Waals surface area contributed by atoms with Crippen molar-refractivity contribution in [1.82, 2.24) is 0 Å². The van der Waals surface area contributed by atoms with E-state index in [-0.39, 0.29) is 6.29 Å². The molecular formula is C19H25NO5. The van der Waals surface area contributed by atoms with Crippen LogP contribution >= 0.6 is 0 Å². The van der Waals surface area contributed by atoms with Crippen molar-refractivity contribution in [2.45, 2.75) is 56.7 Å². The molecule has 0 aromatic heterocycles. The first kappa shape index (κ1) is 18.2. The van der Waals surface area contributed by atoms with Crippen LogP contribution in [0.1, 0.15) is 25.3 Å². The summed E-state index contributed by atoms with van der Waals surface area (Å²) in [6, 6.07) is 9.82. The number of aliphatic imine (C=N–C) groups is 1. The molecule has 25 heavy (non-hydrogen) atoms. The van der Waals surface area contributed by atoms with Gasteiger partial charge in [0.2, 0.25) is 0 Å². The summed E-state index contributed by atoms with van der Waals surface area (Å²) in [7, 11) is 0. The molecule has 0 saturated carbocycles. The van der Waals surface area contributed by atoms with Crippen molar-refractivity contribution in [2.75, 3.05) is 6.61 Å². The number of hydrogen-bond acceptors (Lipinski definition) is 6. The zero-order valence-electron chi connectivity index (χ0n) is 14.3. The van der Waals surface area contributed by atoms with Gasteiger partial charge in [-0.3, -0.25) is 4.99 Å². The fraction of sp³-hybridized carbons (Fsp3) is 0.526. The summed E-state index contributed by atoms with van der Waals surface area (Å²) in [6.07, 6.45) is 2.49. The van der Waals surface area contributed by atoms with Gasteiger partial charge < -0.3 is 24.4 Å². The lowest BCUT2D eigenvalue weighted by Crippen LogP contribution is -2.62. The third-order valence-electron chi connectivity index (χ3n) is 4.35. The fourth-order valence-electron chi connectivity index (χ4n) is 3.00. The predicted molar refractivity (Wildman–Crippen MR) is 94.2 cm³/mol. The number of aliphatic hydroxyl groups is 2. The number of aliphatic hydroxyl groups excluding tert-OH is 2. The van der Waals surface area contributed by atoms with Gasteiger partial charge in [0.25, 0.3) is 0 Å². The molecule has 1 aromatic carbocycles. The summed E-state index contributed by atoms with van der Waals surface area (Å²) in [5.74, 6) is 0. The summed E-state index contributed by atoms with van der Waals surface area (Å²) < 4.78 is 17.1. The van der Waals surface area contributed by atoms with Gasteiger partial charge in [-0.15, -0.1) is 0 Å². The Hall–Kier alpha value is -1.57. The average Bonchev–Trinajstić information content (AvgIpc) is 2.64. The van der Waals surface area contributed by atoms with Gasteiger partial charge in [0, 0.05) is 6.21 Å². The lowest BCUT2D eigenvalue weighted by Gasteiger charge is -2.45. The van der Waals surface area contributed by atoms with Crippen molar-refractivity contribution < 1.29 is 24.4 Å². The first-order valence-corrected chi connectivity index (χ1v) is 8.72. The molecule has 6 nitrogen and oxygen atoms in total. The molecule has 0 radical (unpaired) electrons. The fourth-order valence-corrected chi connectivity index (χ4v) is 3.00. The number of rotatable bonds is 5. The maximum atomic E-state index is 10.4. The number of hydrogen-bond donors (Lipinski definition) is 2. The van der Waals surface area contributed by atoms with Crippen LogP contribution in [0.5, 0.6) is 0 Å². The topological polar surface area (TPSA) is 80.5 Å². The van der Waals surface area contributed by atoms with Crippen LogP contribution in [0.2, 0.25) is 0 Å². The highest BCUT2D eigenvalue weighted by molar-refractivity contribution is 5.78. The summed E-state index contributed by atoms with van der Waals surface area (Å²) in [6.45, 7) is 2.36. The number of nitrogens with zero attached hydrogens (tertiary/aromatic N) is 1. The minimum absolute atomic E-state index is 0.324. The van der Waals surface area contributed by atoms with Crippen molar-refractivity contribution in [1.29, 1.82) is 0 Å². The van der Waals surface area contributed by atoms with E-state index in [1.54, 1.807) is 12.3 Å². The second-order valence-corrected chi connectivity index (χ2v) is 6.27. The third-order valence-corrected chi connectivity index (χ3v) is 4.35. The maximum absolute atomic E-state index is 10.4. The van der Waals surface area contributed by atoms with Crippen molar-refractivity contribution in [3.8, 4) is 0 Å². The monoisotopic (exact) mass is 347 g/mol. The Balaban J connectivity index is 1.59. The molecule has 2 aliphatic rings. The van der Waals surface area contributed by atoms with Gasteiger partial charge in [0.15, 0.2) is 12.5 Å². The van der Waals surface area contributed by atoms with Gasteiger partial charge in [-0.1, -0.05) is 49.8 Å². The molecule has 0 spiro atoms. The lowest BCUT2D eigenvalue weighted by molar-refractivity contribution is -0.324. The van der Waals surface area contributed by atoms with E-state index in [0.717, 1.165) is 18.4 Å². The van der Waals surface area contributed by atoms with Crippen LogP contribution in [0.25, 0.3) is 6.08 Å². The minimum Gasteiger partial charge on any atom is -0.387 e. The van der Waals surface area contributed by atoms with Crippen LogP contribution in [0.15, 0.2) is 41.4 Å². The quantitative estimate of drug-likeness (QED) is 0.794. The van der Waals surface area contributed by atoms with Crippen molar-refractivity contribution >= 4 is 12.3 Å². The van der Waals surface area contributed by atoms with Gasteiger partial charge >= 0.3 is 0 Å². The van der Waals surface area contributed by atoms with Gasteiger partial charge in [0.05, 0.1) is 6.61 Å². The molecule has 2 heterocycles. The standard InChI is InChI=1S/C19H25NO5/c1-2-7-15-23-12-14-18(25-15)16(21)17(22)19(24-14)20-11-6-10-13-8-4-3-5-9-13/h3-6,8-11,14-19,21-22H,2,7,12H2,1H3/b10-6+,20-11+/t14-,15?,16-,17-,18-,19-/m1/s1. The van der Waals surface area contributed by atoms with E-state index in [1.165, 1.54) is 0 Å². The van der Waals surface area contributed by atoms with E-state index in [0.29, 0.717) is 6.61 Å². The average molecular weight is 347 g/mol. The number of ether oxygens (including phenoxy) is 3. The van der Waals surface area contributed by atoms with Gasteiger partial charge in [-0.2, -0.15) is 0 Å². The van der Waals surface area contributed by atoms with Gasteiger partial charge in [-0.05, 0) is 18.1 Å². The molecule has 136 valence electrons. The number of benzene rings is 1. The first-order valence-electron chi connectivity index (χ1n) is 8.72. The van der Waals surface area contributed by atoms with Crippen LogP contribution in [0, 0.1) is 0 Å². The van der Waals surface area contributed by atoms with Crippen LogP contribution in [0.4, 0.5) is 0 Å². The Kier molecular flexibility index (Phi) is 6.34. The van der Waals surface area contributed by atoms with Gasteiger partial charge in [0.1, 0.15) is 24.4 Å². The second-order valence-electron chi connectivity index (χ2n) is 6.27. The van der Waals surface area contributed by atoms with E-state index in [1.807, 2.05) is 43.3 Å². The SMILES string of the molecule is CCCC1OC[C@H]2O[C@@H](/N=C/C=C/c3ccccc3)[C@H](O)[C@@H](O)[C@@H]2O1. The molecule has 1 unspecified atom stereocenters. The van der Waals surface area contributed by atoms with Crippen LogP contribution in [-0.2, 0) is 14.2 Å². The Morgan fingerprint density at radius 3 is 2.72 bits per heavy atom. The molecule has 2 aliphatic heterocycles. The van der Waals surface area contributed by atoms with Crippen molar-refractivity contribution in [2.24, 2.45) is 4.99 Å². The molecule has 0 aliphatic carbocycles. The van der Waals surface area contributed by atoms with Crippen molar-refractivity contribution in [3.63, 3.8) is 0 Å². The lowest BCUT2D eigenvalue weighted by atomic mass is 9.97. The zero-order chi connectivity index (χ0) is 17.6. The van der Waals surface area contributed by atoms with E-state index in [4.69, 9.17) is 14.2 Å². The highest BCUT2D eigenvalue weighted by Crippen LogP contribution is 2.29. The largest absolute Gasteiger partial charge is 0.387 e. The Morgan fingerprint density at radius 1 is 1.16 bits per heavy atom. The van der Waals surface area contributed by atoms with E-state index < -0.39 is 30.6 Å². The van der Waals surface area contributed by atoms with Crippen LogP contribution in [-0.4, -0.2) is 60.0 Å². The van der Waals surface area contributed by atoms with Crippen molar-refractivity contribution in [3.05, 3.63) is 42.0 Å². The third kappa shape index (κ3) is 4.54.